The largest absolute Gasteiger partial charge is 0.492 e. The number of isocyanates is 1. The van der Waals surface area contributed by atoms with Gasteiger partial charge in [-0.25, -0.2) is 4.79 Å². The fourth-order valence-electron chi connectivity index (χ4n) is 3.66. The van der Waals surface area contributed by atoms with Gasteiger partial charge >= 0.3 is 0 Å². The maximum Gasteiger partial charge on any atom is 0.235 e. The molecular formula is C18H23NO3S. The Bertz CT molecular complexity index is 586. The SMILES string of the molecule is COc1c(OC2CCCSC2)cccc1C1(N=C=O)CCCC1. The molecule has 1 aromatic carbocycles. The monoisotopic (exact) mass is 333 g/mol. The van der Waals surface area contributed by atoms with E-state index >= 15 is 0 Å². The number of carbonyl (C=O) groups excluding carboxylic acids is 1. The van der Waals surface area contributed by atoms with Crippen molar-refractivity contribution in [3.8, 4) is 11.5 Å². The van der Waals surface area contributed by atoms with Crippen molar-refractivity contribution in [3.63, 3.8) is 0 Å². The van der Waals surface area contributed by atoms with Crippen LogP contribution >= 0.6 is 11.8 Å². The van der Waals surface area contributed by atoms with Crippen molar-refractivity contribution >= 4 is 17.8 Å². The van der Waals surface area contributed by atoms with Crippen LogP contribution in [0.1, 0.15) is 44.1 Å². The molecule has 1 saturated heterocycles. The van der Waals surface area contributed by atoms with Gasteiger partial charge in [-0.15, -0.1) is 0 Å². The van der Waals surface area contributed by atoms with Crippen LogP contribution in [0.4, 0.5) is 0 Å². The molecule has 0 aromatic heterocycles. The van der Waals surface area contributed by atoms with Gasteiger partial charge in [0.2, 0.25) is 6.08 Å². The van der Waals surface area contributed by atoms with E-state index in [-0.39, 0.29) is 6.10 Å². The molecule has 124 valence electrons. The molecule has 2 aliphatic rings. The van der Waals surface area contributed by atoms with Crippen molar-refractivity contribution in [3.05, 3.63) is 23.8 Å². The van der Waals surface area contributed by atoms with Gasteiger partial charge in [-0.2, -0.15) is 16.8 Å². The number of hydrogen-bond donors (Lipinski definition) is 0. The fraction of sp³-hybridized carbons (Fsp3) is 0.611. The summed E-state index contributed by atoms with van der Waals surface area (Å²) in [5.41, 5.74) is 0.468. The fourth-order valence-corrected chi connectivity index (χ4v) is 4.69. The number of benzene rings is 1. The summed E-state index contributed by atoms with van der Waals surface area (Å²) in [6.45, 7) is 0. The average Bonchev–Trinajstić information content (AvgIpc) is 3.06. The van der Waals surface area contributed by atoms with Crippen molar-refractivity contribution in [1.82, 2.24) is 0 Å². The Labute approximate surface area is 141 Å². The lowest BCUT2D eigenvalue weighted by Crippen LogP contribution is -2.25. The summed E-state index contributed by atoms with van der Waals surface area (Å²) in [6.07, 6.45) is 8.14. The first-order valence-corrected chi connectivity index (χ1v) is 9.45. The molecule has 1 aliphatic carbocycles. The topological polar surface area (TPSA) is 47.9 Å². The van der Waals surface area contributed by atoms with Gasteiger partial charge in [0.1, 0.15) is 11.6 Å². The summed E-state index contributed by atoms with van der Waals surface area (Å²) < 4.78 is 11.9. The number of thioether (sulfide) groups is 1. The van der Waals surface area contributed by atoms with Gasteiger partial charge in [0, 0.05) is 11.3 Å². The summed E-state index contributed by atoms with van der Waals surface area (Å²) in [4.78, 5) is 15.2. The van der Waals surface area contributed by atoms with Crippen molar-refractivity contribution in [1.29, 1.82) is 0 Å². The highest BCUT2D eigenvalue weighted by Crippen LogP contribution is 2.48. The van der Waals surface area contributed by atoms with E-state index in [0.717, 1.165) is 54.9 Å². The Morgan fingerprint density at radius 3 is 2.78 bits per heavy atom. The molecule has 1 atom stereocenters. The summed E-state index contributed by atoms with van der Waals surface area (Å²) in [6, 6.07) is 5.94. The minimum absolute atomic E-state index is 0.229. The molecule has 1 aliphatic heterocycles. The Morgan fingerprint density at radius 1 is 1.30 bits per heavy atom. The van der Waals surface area contributed by atoms with E-state index in [0.29, 0.717) is 0 Å². The maximum atomic E-state index is 11.0. The maximum absolute atomic E-state index is 11.0. The van der Waals surface area contributed by atoms with Crippen LogP contribution in [0.15, 0.2) is 23.2 Å². The number of aliphatic imine (C=N–C) groups is 1. The molecule has 5 heteroatoms. The highest BCUT2D eigenvalue weighted by molar-refractivity contribution is 7.99. The highest BCUT2D eigenvalue weighted by Gasteiger charge is 2.39. The molecule has 0 amide bonds. The van der Waals surface area contributed by atoms with Crippen LogP contribution < -0.4 is 9.47 Å². The number of ether oxygens (including phenoxy) is 2. The second kappa shape index (κ2) is 7.41. The van der Waals surface area contributed by atoms with Gasteiger partial charge < -0.3 is 9.47 Å². The van der Waals surface area contributed by atoms with E-state index in [1.54, 1.807) is 13.2 Å². The average molecular weight is 333 g/mol. The minimum Gasteiger partial charge on any atom is -0.492 e. The predicted molar refractivity (Wildman–Crippen MR) is 92.2 cm³/mol. The van der Waals surface area contributed by atoms with Gasteiger partial charge in [-0.1, -0.05) is 25.0 Å². The molecule has 1 unspecified atom stereocenters. The molecule has 0 radical (unpaired) electrons. The van der Waals surface area contributed by atoms with Crippen molar-refractivity contribution in [2.45, 2.75) is 50.2 Å². The van der Waals surface area contributed by atoms with Crippen molar-refractivity contribution < 1.29 is 14.3 Å². The van der Waals surface area contributed by atoms with Crippen LogP contribution in [0.25, 0.3) is 0 Å². The smallest absolute Gasteiger partial charge is 0.235 e. The van der Waals surface area contributed by atoms with Crippen LogP contribution in [-0.4, -0.2) is 30.8 Å². The van der Waals surface area contributed by atoms with Crippen LogP contribution in [0.2, 0.25) is 0 Å². The molecule has 3 rings (SSSR count). The van der Waals surface area contributed by atoms with E-state index in [1.807, 2.05) is 30.0 Å². The molecule has 4 nitrogen and oxygen atoms in total. The van der Waals surface area contributed by atoms with E-state index in [9.17, 15) is 4.79 Å². The Balaban J connectivity index is 1.94. The first kappa shape index (κ1) is 16.4. The standard InChI is InChI=1S/C18H23NO3S/c1-21-17-15(18(19-13-20)9-2-3-10-18)7-4-8-16(17)22-14-6-5-11-23-12-14/h4,7-8,14H,2-3,5-6,9-12H2,1H3. The zero-order valence-corrected chi connectivity index (χ0v) is 14.4. The van der Waals surface area contributed by atoms with Crippen LogP contribution in [-0.2, 0) is 10.3 Å². The Kier molecular flexibility index (Phi) is 5.29. The summed E-state index contributed by atoms with van der Waals surface area (Å²) in [5.74, 6) is 3.73. The van der Waals surface area contributed by atoms with Crippen molar-refractivity contribution in [2.75, 3.05) is 18.6 Å². The lowest BCUT2D eigenvalue weighted by Gasteiger charge is -2.28. The number of rotatable bonds is 5. The molecular weight excluding hydrogens is 310 g/mol. The molecule has 1 heterocycles. The van der Waals surface area contributed by atoms with Crippen LogP contribution in [0, 0.1) is 0 Å². The van der Waals surface area contributed by atoms with Crippen molar-refractivity contribution in [2.24, 2.45) is 4.99 Å². The second-order valence-electron chi connectivity index (χ2n) is 6.24. The zero-order valence-electron chi connectivity index (χ0n) is 13.5. The predicted octanol–water partition coefficient (Wildman–Crippen LogP) is 4.07. The normalized spacial score (nSPS) is 23.1. The van der Waals surface area contributed by atoms with Crippen LogP contribution in [0.5, 0.6) is 11.5 Å². The third-order valence-electron chi connectivity index (χ3n) is 4.79. The highest BCUT2D eigenvalue weighted by atomic mass is 32.2. The first-order chi connectivity index (χ1) is 11.3. The number of nitrogens with zero attached hydrogens (tertiary/aromatic N) is 1. The van der Waals surface area contributed by atoms with E-state index in [1.165, 1.54) is 12.2 Å². The van der Waals surface area contributed by atoms with Gasteiger partial charge in [-0.3, -0.25) is 0 Å². The molecule has 1 saturated carbocycles. The lowest BCUT2D eigenvalue weighted by molar-refractivity contribution is 0.200. The Morgan fingerprint density at radius 2 is 2.13 bits per heavy atom. The lowest BCUT2D eigenvalue weighted by atomic mass is 9.88. The number of hydrogen-bond acceptors (Lipinski definition) is 5. The third-order valence-corrected chi connectivity index (χ3v) is 5.97. The number of para-hydroxylation sites is 1. The molecule has 2 fully saturated rings. The molecule has 23 heavy (non-hydrogen) atoms. The Hall–Kier alpha value is -1.45. The first-order valence-electron chi connectivity index (χ1n) is 8.30. The molecule has 0 bridgehead atoms. The van der Waals surface area contributed by atoms with E-state index in [2.05, 4.69) is 4.99 Å². The van der Waals surface area contributed by atoms with Crippen LogP contribution in [0.3, 0.4) is 0 Å². The second-order valence-corrected chi connectivity index (χ2v) is 7.39. The zero-order chi connectivity index (χ0) is 16.1. The van der Waals surface area contributed by atoms with E-state index < -0.39 is 5.54 Å². The third kappa shape index (κ3) is 3.41. The minimum atomic E-state index is -0.492. The van der Waals surface area contributed by atoms with Gasteiger partial charge in [0.15, 0.2) is 11.5 Å². The summed E-state index contributed by atoms with van der Waals surface area (Å²) in [5, 5.41) is 0. The molecule has 0 N–H and O–H groups in total. The molecule has 0 spiro atoms. The number of methoxy groups -OCH3 is 1. The summed E-state index contributed by atoms with van der Waals surface area (Å²) >= 11 is 1.94. The quantitative estimate of drug-likeness (QED) is 0.602. The van der Waals surface area contributed by atoms with Gasteiger partial charge in [0.05, 0.1) is 7.11 Å². The van der Waals surface area contributed by atoms with E-state index in [4.69, 9.17) is 9.47 Å². The summed E-state index contributed by atoms with van der Waals surface area (Å²) in [7, 11) is 1.66. The van der Waals surface area contributed by atoms with Gasteiger partial charge in [0.25, 0.3) is 0 Å². The van der Waals surface area contributed by atoms with Gasteiger partial charge in [-0.05, 0) is 37.5 Å². The molecule has 1 aromatic rings.